The molecule has 0 spiro atoms. The van der Waals surface area contributed by atoms with Crippen molar-refractivity contribution in [2.75, 3.05) is 0 Å². The van der Waals surface area contributed by atoms with Crippen molar-refractivity contribution in [3.8, 4) is 0 Å². The van der Waals surface area contributed by atoms with Crippen LogP contribution in [0.5, 0.6) is 0 Å². The quantitative estimate of drug-likeness (QED) is 0.288. The smallest absolute Gasteiger partial charge is 0.409 e. The van der Waals surface area contributed by atoms with E-state index in [2.05, 4.69) is 19.2 Å². The lowest BCUT2D eigenvalue weighted by molar-refractivity contribution is -0.332. The van der Waals surface area contributed by atoms with Crippen LogP contribution in [0, 0.1) is 0 Å². The first kappa shape index (κ1) is 23.7. The Morgan fingerprint density at radius 1 is 0.500 bits per heavy atom. The molecule has 0 aromatic carbocycles. The average Bonchev–Trinajstić information content (AvgIpc) is 2.34. The van der Waals surface area contributed by atoms with Gasteiger partial charge in [0, 0.05) is 0 Å². The summed E-state index contributed by atoms with van der Waals surface area (Å²) in [7, 11) is 0. The van der Waals surface area contributed by atoms with Crippen molar-refractivity contribution in [3.05, 3.63) is 0 Å². The van der Waals surface area contributed by atoms with E-state index in [4.69, 9.17) is 0 Å². The van der Waals surface area contributed by atoms with Crippen LogP contribution < -0.4 is 0 Å². The van der Waals surface area contributed by atoms with Gasteiger partial charge in [0.15, 0.2) is 0 Å². The molecule has 0 saturated heterocycles. The third kappa shape index (κ3) is 7.72. The first-order valence-electron chi connectivity index (χ1n) is 5.29. The van der Waals surface area contributed by atoms with Gasteiger partial charge in [-0.25, -0.2) is 0 Å². The van der Waals surface area contributed by atoms with Crippen LogP contribution >= 0.6 is 0 Å². The molecule has 0 unspecified atom stereocenters. The van der Waals surface area contributed by atoms with E-state index in [0.29, 0.717) is 0 Å². The highest BCUT2D eigenvalue weighted by atomic mass is 19.4. The largest absolute Gasteiger partial charge is 0.550 e. The lowest BCUT2D eigenvalue weighted by Crippen LogP contribution is -2.46. The number of rotatable bonds is 2. The molecular formula is C8H2F12O6. The molecule has 0 aromatic heterocycles. The summed E-state index contributed by atoms with van der Waals surface area (Å²) in [6, 6.07) is 0. The van der Waals surface area contributed by atoms with Crippen LogP contribution in [0.1, 0.15) is 0 Å². The minimum atomic E-state index is -6.23. The summed E-state index contributed by atoms with van der Waals surface area (Å²) in [5.74, 6) is 0. The molecule has 0 rings (SSSR count). The molecule has 0 radical (unpaired) electrons. The summed E-state index contributed by atoms with van der Waals surface area (Å²) in [6.07, 6.45) is -40.6. The zero-order valence-corrected chi connectivity index (χ0v) is 11.1. The molecule has 0 amide bonds. The second-order valence-corrected chi connectivity index (χ2v) is 3.83. The summed E-state index contributed by atoms with van der Waals surface area (Å²) in [5, 5.41) is 0. The Balaban J connectivity index is 4.84. The highest BCUT2D eigenvalue weighted by Crippen LogP contribution is 2.37. The predicted molar refractivity (Wildman–Crippen MR) is 46.9 cm³/mol. The summed E-state index contributed by atoms with van der Waals surface area (Å²) < 4.78 is 149. The van der Waals surface area contributed by atoms with Crippen molar-refractivity contribution in [1.29, 1.82) is 0 Å². The Morgan fingerprint density at radius 2 is 0.692 bits per heavy atom. The molecule has 0 aliphatic carbocycles. The maximum Gasteiger partial charge on any atom is 0.550 e. The molecule has 6 nitrogen and oxygen atoms in total. The van der Waals surface area contributed by atoms with Crippen LogP contribution in [-0.4, -0.2) is 49.2 Å². The zero-order valence-electron chi connectivity index (χ0n) is 11.1. The van der Waals surface area contributed by atoms with Crippen molar-refractivity contribution >= 4 is 12.3 Å². The monoisotopic (exact) mass is 422 g/mol. The van der Waals surface area contributed by atoms with Gasteiger partial charge in [0.05, 0.1) is 0 Å². The van der Waals surface area contributed by atoms with E-state index >= 15 is 0 Å². The lowest BCUT2D eigenvalue weighted by Gasteiger charge is -2.22. The molecule has 18 heteroatoms. The molecule has 0 aromatic rings. The third-order valence-electron chi connectivity index (χ3n) is 1.80. The summed E-state index contributed by atoms with van der Waals surface area (Å²) in [4.78, 5) is 26.6. The molecular weight excluding hydrogens is 420 g/mol. The van der Waals surface area contributed by atoms with Gasteiger partial charge in [-0.3, -0.25) is 0 Å². The SMILES string of the molecule is O=C(OOC(=O)OC(C(F)(F)F)C(F)(F)F)OC(C(F)(F)F)C(F)(F)F. The topological polar surface area (TPSA) is 71.1 Å². The van der Waals surface area contributed by atoms with E-state index in [-0.39, 0.29) is 0 Å². The van der Waals surface area contributed by atoms with Crippen molar-refractivity contribution < 1.29 is 81.5 Å². The molecule has 0 bridgehead atoms. The minimum absolute atomic E-state index is 2.68. The molecule has 0 aliphatic rings. The van der Waals surface area contributed by atoms with Crippen molar-refractivity contribution in [2.45, 2.75) is 36.9 Å². The number of carbonyl (C=O) groups excluding carboxylic acids is 2. The van der Waals surface area contributed by atoms with E-state index in [0.717, 1.165) is 0 Å². The van der Waals surface area contributed by atoms with Gasteiger partial charge in [0.2, 0.25) is 0 Å². The lowest BCUT2D eigenvalue weighted by atomic mass is 10.3. The van der Waals surface area contributed by atoms with Crippen LogP contribution in [-0.2, 0) is 19.2 Å². The summed E-state index contributed by atoms with van der Waals surface area (Å²) in [6.45, 7) is 0. The first-order chi connectivity index (χ1) is 11.3. The second kappa shape index (κ2) is 7.52. The maximum absolute atomic E-state index is 12.0. The molecule has 26 heavy (non-hydrogen) atoms. The predicted octanol–water partition coefficient (Wildman–Crippen LogP) is 4.19. The van der Waals surface area contributed by atoms with Crippen LogP contribution in [0.2, 0.25) is 0 Å². The summed E-state index contributed by atoms with van der Waals surface area (Å²) in [5.41, 5.74) is 0. The van der Waals surface area contributed by atoms with Gasteiger partial charge in [-0.15, -0.1) is 0 Å². The second-order valence-electron chi connectivity index (χ2n) is 3.83. The zero-order chi connectivity index (χ0) is 21.1. The van der Waals surface area contributed by atoms with Gasteiger partial charge in [-0.05, 0) is 0 Å². The highest BCUT2D eigenvalue weighted by Gasteiger charge is 2.61. The molecule has 0 atom stereocenters. The van der Waals surface area contributed by atoms with Crippen molar-refractivity contribution in [3.63, 3.8) is 0 Å². The Kier molecular flexibility index (Phi) is 6.86. The molecule has 154 valence electrons. The van der Waals surface area contributed by atoms with Gasteiger partial charge in [-0.2, -0.15) is 72.0 Å². The number of alkyl halides is 12. The molecule has 0 heterocycles. The Morgan fingerprint density at radius 3 is 0.846 bits per heavy atom. The molecule has 0 saturated carbocycles. The fourth-order valence-electron chi connectivity index (χ4n) is 0.938. The standard InChI is InChI=1S/C8H2F12O6/c9-5(10,11)1(6(12,13)14)23-3(21)25-26-4(22)24-2(7(15,16)17)8(18,19)20/h1-2H. The number of hydrogen-bond acceptors (Lipinski definition) is 6. The Labute approximate surface area is 132 Å². The van der Waals surface area contributed by atoms with Crippen LogP contribution in [0.15, 0.2) is 0 Å². The number of halogens is 12. The maximum atomic E-state index is 12.0. The van der Waals surface area contributed by atoms with E-state index < -0.39 is 49.2 Å². The first-order valence-corrected chi connectivity index (χ1v) is 5.29. The van der Waals surface area contributed by atoms with Gasteiger partial charge in [-0.1, -0.05) is 0 Å². The van der Waals surface area contributed by atoms with E-state index in [1.54, 1.807) is 0 Å². The number of hydrogen-bond donors (Lipinski definition) is 0. The van der Waals surface area contributed by atoms with Gasteiger partial charge in [0.1, 0.15) is 0 Å². The van der Waals surface area contributed by atoms with E-state index in [1.807, 2.05) is 0 Å². The fraction of sp³-hybridized carbons (Fsp3) is 0.750. The fourth-order valence-corrected chi connectivity index (χ4v) is 0.938. The van der Waals surface area contributed by atoms with Gasteiger partial charge < -0.3 is 9.47 Å². The third-order valence-corrected chi connectivity index (χ3v) is 1.80. The van der Waals surface area contributed by atoms with Crippen LogP contribution in [0.25, 0.3) is 0 Å². The van der Waals surface area contributed by atoms with Gasteiger partial charge >= 0.3 is 37.0 Å². The van der Waals surface area contributed by atoms with Crippen LogP contribution in [0.3, 0.4) is 0 Å². The molecule has 0 aliphatic heterocycles. The number of carbonyl (C=O) groups is 2. The van der Waals surface area contributed by atoms with E-state index in [1.165, 1.54) is 0 Å². The molecule has 0 fully saturated rings. The molecule has 0 N–H and O–H groups in total. The van der Waals surface area contributed by atoms with Crippen LogP contribution in [0.4, 0.5) is 62.3 Å². The van der Waals surface area contributed by atoms with E-state index in [9.17, 15) is 62.3 Å². The Bertz CT molecular complexity index is 428. The van der Waals surface area contributed by atoms with Gasteiger partial charge in [0.25, 0.3) is 12.2 Å². The average molecular weight is 422 g/mol. The Hall–Kier alpha value is -2.30. The minimum Gasteiger partial charge on any atom is -0.409 e. The van der Waals surface area contributed by atoms with Crippen molar-refractivity contribution in [2.24, 2.45) is 0 Å². The summed E-state index contributed by atoms with van der Waals surface area (Å²) >= 11 is 0. The van der Waals surface area contributed by atoms with Crippen molar-refractivity contribution in [1.82, 2.24) is 0 Å². The normalized spacial score (nSPS) is 13.6. The number of ether oxygens (including phenoxy) is 2. The highest BCUT2D eigenvalue weighted by molar-refractivity contribution is 5.64.